The van der Waals surface area contributed by atoms with Crippen LogP contribution in [0.1, 0.15) is 26.2 Å². The second kappa shape index (κ2) is 4.49. The molecule has 1 saturated heterocycles. The lowest BCUT2D eigenvalue weighted by atomic mass is 10.2. The summed E-state index contributed by atoms with van der Waals surface area (Å²) in [4.78, 5) is 15.8. The molecule has 1 N–H and O–H groups in total. The van der Waals surface area contributed by atoms with Crippen molar-refractivity contribution in [2.24, 2.45) is 0 Å². The number of amides is 1. The third-order valence-corrected chi connectivity index (χ3v) is 3.36. The van der Waals surface area contributed by atoms with Gasteiger partial charge in [0.15, 0.2) is 0 Å². The molecule has 4 nitrogen and oxygen atoms in total. The second-order valence-electron chi connectivity index (χ2n) is 4.62. The Morgan fingerprint density at radius 1 is 1.40 bits per heavy atom. The van der Waals surface area contributed by atoms with Crippen molar-refractivity contribution in [2.45, 2.75) is 38.3 Å². The molecule has 0 radical (unpaired) electrons. The molecule has 2 fully saturated rings. The van der Waals surface area contributed by atoms with Gasteiger partial charge < -0.3 is 10.0 Å². The van der Waals surface area contributed by atoms with Crippen molar-refractivity contribution < 1.29 is 9.90 Å². The molecule has 0 bridgehead atoms. The lowest BCUT2D eigenvalue weighted by Crippen LogP contribution is -2.42. The SMILES string of the molecule is CC(=O)N(C1CC1)C1CCN(CCO)C1. The van der Waals surface area contributed by atoms with E-state index in [-0.39, 0.29) is 12.5 Å². The minimum absolute atomic E-state index is 0.216. The van der Waals surface area contributed by atoms with Gasteiger partial charge in [0.2, 0.25) is 5.91 Å². The molecular formula is C11H20N2O2. The Balaban J connectivity index is 1.89. The molecule has 2 rings (SSSR count). The molecule has 2 aliphatic rings. The summed E-state index contributed by atoms with van der Waals surface area (Å²) < 4.78 is 0. The van der Waals surface area contributed by atoms with Crippen LogP contribution >= 0.6 is 0 Å². The van der Waals surface area contributed by atoms with E-state index in [0.717, 1.165) is 26.1 Å². The number of hydrogen-bond acceptors (Lipinski definition) is 3. The Morgan fingerprint density at radius 3 is 2.67 bits per heavy atom. The largest absolute Gasteiger partial charge is 0.395 e. The average Bonchev–Trinajstić information content (AvgIpc) is 2.88. The molecule has 4 heteroatoms. The maximum atomic E-state index is 11.5. The standard InChI is InChI=1S/C11H20N2O2/c1-9(15)13(10-2-3-10)11-4-5-12(8-11)6-7-14/h10-11,14H,2-8H2,1H3. The lowest BCUT2D eigenvalue weighted by molar-refractivity contribution is -0.131. The molecular weight excluding hydrogens is 192 g/mol. The zero-order valence-corrected chi connectivity index (χ0v) is 9.35. The smallest absolute Gasteiger partial charge is 0.219 e. The van der Waals surface area contributed by atoms with Gasteiger partial charge in [-0.3, -0.25) is 9.69 Å². The molecule has 1 aliphatic carbocycles. The average molecular weight is 212 g/mol. The van der Waals surface area contributed by atoms with Crippen molar-refractivity contribution in [3.63, 3.8) is 0 Å². The molecule has 1 aliphatic heterocycles. The molecule has 0 aromatic rings. The van der Waals surface area contributed by atoms with E-state index in [1.165, 1.54) is 12.8 Å². The van der Waals surface area contributed by atoms with Gasteiger partial charge in [0.1, 0.15) is 0 Å². The number of nitrogens with zero attached hydrogens (tertiary/aromatic N) is 2. The Bertz CT molecular complexity index is 241. The summed E-state index contributed by atoms with van der Waals surface area (Å²) in [5.74, 6) is 0.216. The maximum absolute atomic E-state index is 11.5. The van der Waals surface area contributed by atoms with Gasteiger partial charge in [-0.2, -0.15) is 0 Å². The maximum Gasteiger partial charge on any atom is 0.219 e. The first-order valence-electron chi connectivity index (χ1n) is 5.84. The summed E-state index contributed by atoms with van der Waals surface area (Å²) in [5, 5.41) is 8.86. The molecule has 1 amide bonds. The number of aliphatic hydroxyl groups is 1. The molecule has 0 aromatic heterocycles. The molecule has 86 valence electrons. The molecule has 1 atom stereocenters. The third kappa shape index (κ3) is 2.49. The summed E-state index contributed by atoms with van der Waals surface area (Å²) in [5.41, 5.74) is 0. The number of carbonyl (C=O) groups is 1. The predicted octanol–water partition coefficient (Wildman–Crippen LogP) is 0.0639. The van der Waals surface area contributed by atoms with E-state index in [2.05, 4.69) is 9.80 Å². The molecule has 0 aromatic carbocycles. The van der Waals surface area contributed by atoms with Crippen LogP contribution in [0.15, 0.2) is 0 Å². The fourth-order valence-corrected chi connectivity index (χ4v) is 2.55. The fraction of sp³-hybridized carbons (Fsp3) is 0.909. The third-order valence-electron chi connectivity index (χ3n) is 3.36. The first-order valence-corrected chi connectivity index (χ1v) is 5.84. The Labute approximate surface area is 90.9 Å². The zero-order chi connectivity index (χ0) is 10.8. The van der Waals surface area contributed by atoms with Crippen LogP contribution in [-0.4, -0.2) is 59.1 Å². The number of rotatable bonds is 4. The van der Waals surface area contributed by atoms with Crippen LogP contribution < -0.4 is 0 Å². The Hall–Kier alpha value is -0.610. The van der Waals surface area contributed by atoms with Crippen LogP contribution in [0.25, 0.3) is 0 Å². The van der Waals surface area contributed by atoms with E-state index in [9.17, 15) is 4.79 Å². The highest BCUT2D eigenvalue weighted by molar-refractivity contribution is 5.74. The Kier molecular flexibility index (Phi) is 3.26. The van der Waals surface area contributed by atoms with Crippen LogP contribution in [0.4, 0.5) is 0 Å². The first kappa shape index (κ1) is 10.9. The van der Waals surface area contributed by atoms with Gasteiger partial charge in [0.05, 0.1) is 6.61 Å². The number of carbonyl (C=O) groups excluding carboxylic acids is 1. The van der Waals surface area contributed by atoms with E-state index in [4.69, 9.17) is 5.11 Å². The highest BCUT2D eigenvalue weighted by Crippen LogP contribution is 2.31. The Morgan fingerprint density at radius 2 is 2.13 bits per heavy atom. The number of likely N-dealkylation sites (tertiary alicyclic amines) is 1. The quantitative estimate of drug-likeness (QED) is 0.717. The number of hydrogen-bond donors (Lipinski definition) is 1. The van der Waals surface area contributed by atoms with Gasteiger partial charge in [0, 0.05) is 38.6 Å². The van der Waals surface area contributed by atoms with Gasteiger partial charge in [-0.15, -0.1) is 0 Å². The number of β-amino-alcohol motifs (C(OH)–C–C–N with tert-alkyl or cyclic N) is 1. The van der Waals surface area contributed by atoms with Crippen molar-refractivity contribution in [3.8, 4) is 0 Å². The predicted molar refractivity (Wildman–Crippen MR) is 57.5 cm³/mol. The molecule has 1 unspecified atom stereocenters. The van der Waals surface area contributed by atoms with Gasteiger partial charge in [-0.1, -0.05) is 0 Å². The summed E-state index contributed by atoms with van der Waals surface area (Å²) in [6, 6.07) is 0.906. The van der Waals surface area contributed by atoms with Crippen molar-refractivity contribution in [1.82, 2.24) is 9.80 Å². The summed E-state index contributed by atoms with van der Waals surface area (Å²) >= 11 is 0. The molecule has 1 saturated carbocycles. The fourth-order valence-electron chi connectivity index (χ4n) is 2.55. The van der Waals surface area contributed by atoms with Crippen molar-refractivity contribution >= 4 is 5.91 Å². The van der Waals surface area contributed by atoms with E-state index in [1.807, 2.05) is 0 Å². The first-order chi connectivity index (χ1) is 7.22. The summed E-state index contributed by atoms with van der Waals surface area (Å²) in [6.45, 7) is 4.59. The second-order valence-corrected chi connectivity index (χ2v) is 4.62. The van der Waals surface area contributed by atoms with Gasteiger partial charge in [-0.05, 0) is 19.3 Å². The van der Waals surface area contributed by atoms with Crippen LogP contribution in [0, 0.1) is 0 Å². The monoisotopic (exact) mass is 212 g/mol. The normalized spacial score (nSPS) is 26.9. The summed E-state index contributed by atoms with van der Waals surface area (Å²) in [6.07, 6.45) is 3.42. The van der Waals surface area contributed by atoms with E-state index in [0.29, 0.717) is 12.1 Å². The number of aliphatic hydroxyl groups excluding tert-OH is 1. The minimum atomic E-state index is 0.216. The lowest BCUT2D eigenvalue weighted by Gasteiger charge is -2.28. The van der Waals surface area contributed by atoms with Gasteiger partial charge >= 0.3 is 0 Å². The zero-order valence-electron chi connectivity index (χ0n) is 9.35. The van der Waals surface area contributed by atoms with Crippen LogP contribution in [0.5, 0.6) is 0 Å². The van der Waals surface area contributed by atoms with E-state index >= 15 is 0 Å². The topological polar surface area (TPSA) is 43.8 Å². The van der Waals surface area contributed by atoms with Crippen LogP contribution in [0.3, 0.4) is 0 Å². The van der Waals surface area contributed by atoms with E-state index in [1.54, 1.807) is 6.92 Å². The van der Waals surface area contributed by atoms with Crippen LogP contribution in [-0.2, 0) is 4.79 Å². The molecule has 15 heavy (non-hydrogen) atoms. The van der Waals surface area contributed by atoms with E-state index < -0.39 is 0 Å². The molecule has 1 heterocycles. The van der Waals surface area contributed by atoms with Gasteiger partial charge in [-0.25, -0.2) is 0 Å². The van der Waals surface area contributed by atoms with Crippen molar-refractivity contribution in [3.05, 3.63) is 0 Å². The van der Waals surface area contributed by atoms with Crippen molar-refractivity contribution in [1.29, 1.82) is 0 Å². The van der Waals surface area contributed by atoms with Crippen molar-refractivity contribution in [2.75, 3.05) is 26.2 Å². The highest BCUT2D eigenvalue weighted by Gasteiger charge is 2.38. The minimum Gasteiger partial charge on any atom is -0.395 e. The highest BCUT2D eigenvalue weighted by atomic mass is 16.3. The molecule has 0 spiro atoms. The van der Waals surface area contributed by atoms with Gasteiger partial charge in [0.25, 0.3) is 0 Å². The van der Waals surface area contributed by atoms with Crippen LogP contribution in [0.2, 0.25) is 0 Å². The summed E-state index contributed by atoms with van der Waals surface area (Å²) in [7, 11) is 0.